The fourth-order valence-corrected chi connectivity index (χ4v) is 6.34. The number of methoxy groups -OCH3 is 1. The van der Waals surface area contributed by atoms with Gasteiger partial charge in [-0.2, -0.15) is 5.10 Å². The molecule has 3 N–H and O–H groups in total. The maximum Gasteiger partial charge on any atom is 0.251 e. The van der Waals surface area contributed by atoms with Crippen molar-refractivity contribution in [1.82, 2.24) is 25.8 Å². The zero-order valence-corrected chi connectivity index (χ0v) is 25.3. The van der Waals surface area contributed by atoms with Gasteiger partial charge >= 0.3 is 0 Å². The first-order valence-electron chi connectivity index (χ1n) is 14.2. The van der Waals surface area contributed by atoms with Gasteiger partial charge in [0.2, 0.25) is 5.91 Å². The average molecular weight is 630 g/mol. The van der Waals surface area contributed by atoms with Crippen molar-refractivity contribution in [3.05, 3.63) is 89.0 Å². The van der Waals surface area contributed by atoms with Crippen LogP contribution in [0, 0.1) is 11.6 Å². The van der Waals surface area contributed by atoms with Crippen LogP contribution in [0.25, 0.3) is 43.9 Å². The molecule has 2 amide bonds. The molecule has 1 unspecified atom stereocenters. The van der Waals surface area contributed by atoms with Crippen LogP contribution in [-0.2, 0) is 16.0 Å². The Morgan fingerprint density at radius 3 is 2.80 bits per heavy atom. The predicted octanol–water partition coefficient (Wildman–Crippen LogP) is 5.97. The van der Waals surface area contributed by atoms with Crippen LogP contribution in [0.1, 0.15) is 34.6 Å². The highest BCUT2D eigenvalue weighted by molar-refractivity contribution is 7.18. The molecule has 1 aliphatic heterocycles. The minimum Gasteiger partial charge on any atom is -0.490 e. The number of amides is 2. The number of aromatic nitrogens is 3. The van der Waals surface area contributed by atoms with E-state index in [0.717, 1.165) is 24.1 Å². The number of H-pyrrole nitrogens is 1. The van der Waals surface area contributed by atoms with Crippen LogP contribution in [0.5, 0.6) is 5.75 Å². The second-order valence-electron chi connectivity index (χ2n) is 10.5. The maximum absolute atomic E-state index is 15.9. The van der Waals surface area contributed by atoms with Gasteiger partial charge in [-0.3, -0.25) is 14.7 Å². The van der Waals surface area contributed by atoms with Crippen molar-refractivity contribution in [2.75, 3.05) is 26.9 Å². The summed E-state index contributed by atoms with van der Waals surface area (Å²) < 4.78 is 42.0. The number of nitrogens with zero attached hydrogens (tertiary/aromatic N) is 2. The smallest absolute Gasteiger partial charge is 0.251 e. The molecule has 0 aliphatic carbocycles. The van der Waals surface area contributed by atoms with E-state index >= 15 is 4.39 Å². The topological polar surface area (TPSA) is 118 Å². The fourth-order valence-electron chi connectivity index (χ4n) is 5.39. The molecule has 9 nitrogen and oxygen atoms in total. The molecule has 0 spiro atoms. The van der Waals surface area contributed by atoms with E-state index in [1.54, 1.807) is 13.0 Å². The highest BCUT2D eigenvalue weighted by atomic mass is 32.1. The van der Waals surface area contributed by atoms with Crippen LogP contribution >= 0.6 is 11.3 Å². The lowest BCUT2D eigenvalue weighted by Gasteiger charge is -2.19. The van der Waals surface area contributed by atoms with E-state index in [1.807, 2.05) is 29.6 Å². The van der Waals surface area contributed by atoms with Gasteiger partial charge in [0.25, 0.3) is 5.91 Å². The van der Waals surface area contributed by atoms with Crippen LogP contribution in [0.4, 0.5) is 8.78 Å². The normalized spacial score (nSPS) is 13.3. The average Bonchev–Trinajstić information content (AvgIpc) is 3.72. The first-order valence-corrected chi connectivity index (χ1v) is 15.1. The molecular weight excluding hydrogens is 600 g/mol. The summed E-state index contributed by atoms with van der Waals surface area (Å²) in [6, 6.07) is 10.7. The summed E-state index contributed by atoms with van der Waals surface area (Å²) in [5.74, 6) is -2.15. The summed E-state index contributed by atoms with van der Waals surface area (Å²) in [6.45, 7) is 6.11. The number of fused-ring (bicyclic) bond motifs is 2. The van der Waals surface area contributed by atoms with Crippen molar-refractivity contribution in [2.45, 2.75) is 19.4 Å². The van der Waals surface area contributed by atoms with E-state index in [4.69, 9.17) is 14.5 Å². The Kier molecular flexibility index (Phi) is 8.42. The van der Waals surface area contributed by atoms with Crippen LogP contribution in [-0.4, -0.2) is 53.9 Å². The lowest BCUT2D eigenvalue weighted by atomic mass is 9.93. The molecule has 0 bridgehead atoms. The van der Waals surface area contributed by atoms with Crippen molar-refractivity contribution >= 4 is 33.2 Å². The Balaban J connectivity index is 1.61. The zero-order valence-electron chi connectivity index (χ0n) is 24.5. The minimum atomic E-state index is -0.833. The molecule has 4 heterocycles. The number of hydrogen-bond donors (Lipinski definition) is 3. The summed E-state index contributed by atoms with van der Waals surface area (Å²) in [7, 11) is 1.50. The number of aromatic amines is 1. The molecule has 0 radical (unpaired) electrons. The number of pyridine rings is 1. The molecule has 230 valence electrons. The van der Waals surface area contributed by atoms with E-state index in [9.17, 15) is 14.0 Å². The molecule has 45 heavy (non-hydrogen) atoms. The quantitative estimate of drug-likeness (QED) is 0.129. The van der Waals surface area contributed by atoms with Gasteiger partial charge in [0.1, 0.15) is 35.4 Å². The minimum absolute atomic E-state index is 0.0112. The summed E-state index contributed by atoms with van der Waals surface area (Å²) in [5, 5.41) is 15.7. The Labute approximate surface area is 261 Å². The second-order valence-corrected chi connectivity index (χ2v) is 11.4. The number of carbonyl (C=O) groups excluding carboxylic acids is 2. The zero-order chi connectivity index (χ0) is 31.7. The molecule has 6 rings (SSSR count). The molecule has 12 heteroatoms. The van der Waals surface area contributed by atoms with Gasteiger partial charge in [0.15, 0.2) is 0 Å². The van der Waals surface area contributed by atoms with Gasteiger partial charge in [-0.1, -0.05) is 18.7 Å². The third kappa shape index (κ3) is 5.81. The number of benzene rings is 2. The Morgan fingerprint density at radius 1 is 1.16 bits per heavy atom. The summed E-state index contributed by atoms with van der Waals surface area (Å²) in [5.41, 5.74) is 4.39. The number of nitrogens with one attached hydrogen (secondary N) is 3. The first-order chi connectivity index (χ1) is 21.8. The highest BCUT2D eigenvalue weighted by Crippen LogP contribution is 2.47. The van der Waals surface area contributed by atoms with Crippen LogP contribution < -0.4 is 15.4 Å². The highest BCUT2D eigenvalue weighted by Gasteiger charge is 2.27. The number of ether oxygens (including phenoxy) is 2. The standard InChI is InChI=1S/C33H29F2N5O4S/c1-4-27(41)37-17(2)24-16-25(40-39-24)31-29(28-23(35)14-20(34)15-26(28)44-11-10-43-3)32-21(8-12-45-32)30(38-31)19-6-5-18-7-9-36-33(42)22(18)13-19/h4-6,8,12-17H,1,7,9-11H2,2-3H3,(H,36,42)(H,37,41)(H,39,40). The lowest BCUT2D eigenvalue weighted by Crippen LogP contribution is -2.31. The van der Waals surface area contributed by atoms with E-state index in [0.29, 0.717) is 56.1 Å². The van der Waals surface area contributed by atoms with Crippen LogP contribution in [0.15, 0.2) is 60.5 Å². The fraction of sp³-hybridized carbons (Fsp3) is 0.212. The number of halogens is 2. The van der Waals surface area contributed by atoms with E-state index in [1.165, 1.54) is 24.5 Å². The molecule has 2 aromatic carbocycles. The number of carbonyl (C=O) groups is 2. The molecule has 3 aromatic heterocycles. The summed E-state index contributed by atoms with van der Waals surface area (Å²) in [6.07, 6.45) is 1.89. The van der Waals surface area contributed by atoms with Crippen molar-refractivity contribution in [3.8, 4) is 39.5 Å². The molecule has 1 aliphatic rings. The summed E-state index contributed by atoms with van der Waals surface area (Å²) >= 11 is 1.36. The summed E-state index contributed by atoms with van der Waals surface area (Å²) in [4.78, 5) is 29.7. The van der Waals surface area contributed by atoms with Gasteiger partial charge in [-0.05, 0) is 48.6 Å². The largest absolute Gasteiger partial charge is 0.490 e. The SMILES string of the molecule is C=CC(=O)NC(C)c1cc(-c2nc(-c3ccc4c(c3)C(=O)NCC4)c3ccsc3c2-c2c(F)cc(F)cc2OCCOC)n[nH]1. The Bertz CT molecular complexity index is 1950. The molecule has 5 aromatic rings. The molecule has 0 saturated carbocycles. The molecule has 0 fully saturated rings. The third-order valence-corrected chi connectivity index (χ3v) is 8.51. The third-order valence-electron chi connectivity index (χ3n) is 7.58. The van der Waals surface area contributed by atoms with Gasteiger partial charge < -0.3 is 20.1 Å². The Morgan fingerprint density at radius 2 is 2.00 bits per heavy atom. The Hall–Kier alpha value is -4.94. The monoisotopic (exact) mass is 629 g/mol. The van der Waals surface area contributed by atoms with Gasteiger partial charge in [0.05, 0.1) is 29.6 Å². The lowest BCUT2D eigenvalue weighted by molar-refractivity contribution is -0.117. The predicted molar refractivity (Wildman–Crippen MR) is 168 cm³/mol. The van der Waals surface area contributed by atoms with Crippen molar-refractivity contribution in [1.29, 1.82) is 0 Å². The van der Waals surface area contributed by atoms with Crippen molar-refractivity contribution < 1.29 is 27.8 Å². The van der Waals surface area contributed by atoms with Crippen molar-refractivity contribution in [3.63, 3.8) is 0 Å². The number of thiophene rings is 1. The van der Waals surface area contributed by atoms with Crippen LogP contribution in [0.2, 0.25) is 0 Å². The van der Waals surface area contributed by atoms with Gasteiger partial charge in [-0.25, -0.2) is 13.8 Å². The second kappa shape index (κ2) is 12.6. The number of rotatable bonds is 10. The maximum atomic E-state index is 15.9. The van der Waals surface area contributed by atoms with E-state index in [2.05, 4.69) is 27.4 Å². The van der Waals surface area contributed by atoms with E-state index < -0.39 is 17.7 Å². The van der Waals surface area contributed by atoms with Gasteiger partial charge in [0, 0.05) is 52.6 Å². The van der Waals surface area contributed by atoms with Gasteiger partial charge in [-0.15, -0.1) is 11.3 Å². The van der Waals surface area contributed by atoms with Crippen molar-refractivity contribution in [2.24, 2.45) is 0 Å². The van der Waals surface area contributed by atoms with E-state index in [-0.39, 0.29) is 36.3 Å². The number of hydrogen-bond acceptors (Lipinski definition) is 7. The van der Waals surface area contributed by atoms with Crippen LogP contribution in [0.3, 0.4) is 0 Å². The molecule has 1 atom stereocenters. The molecular formula is C33H29F2N5O4S. The first kappa shape index (κ1) is 30.1. The molecule has 0 saturated heterocycles.